The number of carbonyl (C=O) groups is 1. The smallest absolute Gasteiger partial charge is 0.319 e. The first-order valence-corrected chi connectivity index (χ1v) is 9.18. The Hall–Kier alpha value is -2.80. The number of rotatable bonds is 6. The normalized spacial score (nSPS) is 10.4. The molecule has 26 heavy (non-hydrogen) atoms. The van der Waals surface area contributed by atoms with Gasteiger partial charge in [-0.25, -0.2) is 4.79 Å². The molecule has 7 heteroatoms. The number of aromatic nitrogens is 2. The van der Waals surface area contributed by atoms with Gasteiger partial charge in [-0.15, -0.1) is 0 Å². The number of alkyl halides is 1. The highest BCUT2D eigenvalue weighted by Gasteiger charge is 2.08. The number of aromatic amines is 1. The van der Waals surface area contributed by atoms with Crippen molar-refractivity contribution in [3.63, 3.8) is 0 Å². The van der Waals surface area contributed by atoms with Gasteiger partial charge >= 0.3 is 6.03 Å². The van der Waals surface area contributed by atoms with E-state index in [1.165, 1.54) is 0 Å². The maximum absolute atomic E-state index is 12.2. The number of methoxy groups -OCH3 is 1. The standard InChI is InChI=1S/C19H19BrN4O2/c1-26-17-7-5-13(6-8-17)11-21-19(25)23-16-4-2-3-14(9-16)18-15(10-20)12-22-24-18/h2-9,12H,10-11H2,1H3,(H,22,24)(H2,21,23,25). The Morgan fingerprint density at radius 3 is 2.77 bits per heavy atom. The van der Waals surface area contributed by atoms with Crippen LogP contribution in [0.4, 0.5) is 10.5 Å². The summed E-state index contributed by atoms with van der Waals surface area (Å²) in [5.74, 6) is 0.789. The number of ether oxygens (including phenoxy) is 1. The van der Waals surface area contributed by atoms with Gasteiger partial charge in [0.1, 0.15) is 5.75 Å². The molecule has 0 fully saturated rings. The van der Waals surface area contributed by atoms with Crippen LogP contribution in [0, 0.1) is 0 Å². The molecule has 2 aromatic carbocycles. The van der Waals surface area contributed by atoms with Gasteiger partial charge in [-0.05, 0) is 29.8 Å². The number of anilines is 1. The van der Waals surface area contributed by atoms with Crippen molar-refractivity contribution in [1.82, 2.24) is 15.5 Å². The van der Waals surface area contributed by atoms with Gasteiger partial charge in [0.15, 0.2) is 0 Å². The van der Waals surface area contributed by atoms with E-state index in [0.717, 1.165) is 28.1 Å². The number of hydrogen-bond donors (Lipinski definition) is 3. The molecular formula is C19H19BrN4O2. The lowest BCUT2D eigenvalue weighted by molar-refractivity contribution is 0.251. The molecule has 0 bridgehead atoms. The Kier molecular flexibility index (Phi) is 5.91. The molecule has 134 valence electrons. The van der Waals surface area contributed by atoms with Crippen LogP contribution >= 0.6 is 15.9 Å². The van der Waals surface area contributed by atoms with Crippen molar-refractivity contribution in [2.45, 2.75) is 11.9 Å². The number of nitrogens with zero attached hydrogens (tertiary/aromatic N) is 1. The minimum absolute atomic E-state index is 0.261. The molecule has 0 saturated heterocycles. The number of carbonyl (C=O) groups excluding carboxylic acids is 1. The number of hydrogen-bond acceptors (Lipinski definition) is 3. The second-order valence-corrected chi connectivity index (χ2v) is 6.20. The van der Waals surface area contributed by atoms with Crippen LogP contribution in [0.3, 0.4) is 0 Å². The highest BCUT2D eigenvalue weighted by atomic mass is 79.9. The molecular weight excluding hydrogens is 396 g/mol. The van der Waals surface area contributed by atoms with Crippen LogP contribution in [0.15, 0.2) is 54.7 Å². The summed E-state index contributed by atoms with van der Waals surface area (Å²) in [5, 5.41) is 13.5. The fourth-order valence-corrected chi connectivity index (χ4v) is 2.94. The van der Waals surface area contributed by atoms with Gasteiger partial charge in [-0.2, -0.15) is 5.10 Å². The van der Waals surface area contributed by atoms with Gasteiger partial charge in [0, 0.05) is 28.7 Å². The average Bonchev–Trinajstić information content (AvgIpc) is 3.16. The Morgan fingerprint density at radius 1 is 1.23 bits per heavy atom. The average molecular weight is 415 g/mol. The van der Waals surface area contributed by atoms with Crippen molar-refractivity contribution < 1.29 is 9.53 Å². The first kappa shape index (κ1) is 18.0. The van der Waals surface area contributed by atoms with Crippen molar-refractivity contribution in [1.29, 1.82) is 0 Å². The lowest BCUT2D eigenvalue weighted by Crippen LogP contribution is -2.28. The number of H-pyrrole nitrogens is 1. The van der Waals surface area contributed by atoms with E-state index in [1.54, 1.807) is 13.3 Å². The molecule has 1 aromatic heterocycles. The molecule has 0 unspecified atom stereocenters. The second kappa shape index (κ2) is 8.53. The molecule has 0 saturated carbocycles. The molecule has 6 nitrogen and oxygen atoms in total. The van der Waals surface area contributed by atoms with Gasteiger partial charge in [-0.3, -0.25) is 5.10 Å². The summed E-state index contributed by atoms with van der Waals surface area (Å²) in [6, 6.07) is 14.9. The Labute approximate surface area is 160 Å². The number of halogens is 1. The number of amides is 2. The fourth-order valence-electron chi connectivity index (χ4n) is 2.52. The molecule has 2 amide bonds. The van der Waals surface area contributed by atoms with Crippen molar-refractivity contribution in [3.05, 3.63) is 65.9 Å². The fraction of sp³-hybridized carbons (Fsp3) is 0.158. The first-order valence-electron chi connectivity index (χ1n) is 8.06. The largest absolute Gasteiger partial charge is 0.497 e. The van der Waals surface area contributed by atoms with Crippen LogP contribution in [0.25, 0.3) is 11.3 Å². The summed E-state index contributed by atoms with van der Waals surface area (Å²) in [5.41, 5.74) is 4.67. The van der Waals surface area contributed by atoms with Crippen LogP contribution in [0.5, 0.6) is 5.75 Å². The third-order valence-electron chi connectivity index (χ3n) is 3.88. The van der Waals surface area contributed by atoms with Crippen LogP contribution in [-0.4, -0.2) is 23.3 Å². The monoisotopic (exact) mass is 414 g/mol. The highest BCUT2D eigenvalue weighted by molar-refractivity contribution is 9.08. The second-order valence-electron chi connectivity index (χ2n) is 5.64. The Bertz CT molecular complexity index is 877. The van der Waals surface area contributed by atoms with Crippen molar-refractivity contribution in [2.24, 2.45) is 0 Å². The molecule has 0 radical (unpaired) electrons. The van der Waals surface area contributed by atoms with Gasteiger partial charge in [0.2, 0.25) is 0 Å². The zero-order valence-electron chi connectivity index (χ0n) is 14.3. The van der Waals surface area contributed by atoms with Crippen LogP contribution in [-0.2, 0) is 11.9 Å². The Morgan fingerprint density at radius 2 is 2.04 bits per heavy atom. The number of nitrogens with one attached hydrogen (secondary N) is 3. The lowest BCUT2D eigenvalue weighted by Gasteiger charge is -2.09. The van der Waals surface area contributed by atoms with Crippen molar-refractivity contribution >= 4 is 27.6 Å². The van der Waals surface area contributed by atoms with E-state index < -0.39 is 0 Å². The predicted molar refractivity (Wildman–Crippen MR) is 106 cm³/mol. The molecule has 3 rings (SSSR count). The topological polar surface area (TPSA) is 79.0 Å². The molecule has 1 heterocycles. The maximum Gasteiger partial charge on any atom is 0.319 e. The van der Waals surface area contributed by atoms with Crippen LogP contribution in [0.2, 0.25) is 0 Å². The first-order chi connectivity index (χ1) is 12.7. The van der Waals surface area contributed by atoms with Gasteiger partial charge in [-0.1, -0.05) is 40.2 Å². The van der Waals surface area contributed by atoms with Gasteiger partial charge < -0.3 is 15.4 Å². The molecule has 0 aliphatic carbocycles. The minimum atomic E-state index is -0.261. The minimum Gasteiger partial charge on any atom is -0.497 e. The van der Waals surface area contributed by atoms with E-state index in [2.05, 4.69) is 36.8 Å². The van der Waals surface area contributed by atoms with E-state index in [0.29, 0.717) is 17.6 Å². The number of urea groups is 1. The summed E-state index contributed by atoms with van der Waals surface area (Å²) in [6.07, 6.45) is 1.78. The predicted octanol–water partition coefficient (Wildman–Crippen LogP) is 4.30. The van der Waals surface area contributed by atoms with Gasteiger partial charge in [0.05, 0.1) is 19.0 Å². The van der Waals surface area contributed by atoms with E-state index in [-0.39, 0.29) is 6.03 Å². The van der Waals surface area contributed by atoms with Gasteiger partial charge in [0.25, 0.3) is 0 Å². The van der Waals surface area contributed by atoms with Crippen LogP contribution in [0.1, 0.15) is 11.1 Å². The quantitative estimate of drug-likeness (QED) is 0.526. The summed E-state index contributed by atoms with van der Waals surface area (Å²) in [4.78, 5) is 12.2. The lowest BCUT2D eigenvalue weighted by atomic mass is 10.1. The summed E-state index contributed by atoms with van der Waals surface area (Å²) in [6.45, 7) is 0.434. The van der Waals surface area contributed by atoms with Crippen molar-refractivity contribution in [2.75, 3.05) is 12.4 Å². The zero-order valence-corrected chi connectivity index (χ0v) is 15.8. The molecule has 0 spiro atoms. The number of benzene rings is 2. The highest BCUT2D eigenvalue weighted by Crippen LogP contribution is 2.25. The molecule has 0 atom stereocenters. The third kappa shape index (κ3) is 4.43. The molecule has 3 N–H and O–H groups in total. The SMILES string of the molecule is COc1ccc(CNC(=O)Nc2cccc(-c3[nH]ncc3CBr)c2)cc1. The van der Waals surface area contributed by atoms with Crippen LogP contribution < -0.4 is 15.4 Å². The summed E-state index contributed by atoms with van der Waals surface area (Å²) in [7, 11) is 1.62. The summed E-state index contributed by atoms with van der Waals surface area (Å²) < 4.78 is 5.12. The molecule has 3 aromatic rings. The van der Waals surface area contributed by atoms with E-state index in [9.17, 15) is 4.79 Å². The summed E-state index contributed by atoms with van der Waals surface area (Å²) >= 11 is 3.45. The van der Waals surface area contributed by atoms with E-state index in [4.69, 9.17) is 4.74 Å². The maximum atomic E-state index is 12.2. The molecule has 0 aliphatic rings. The van der Waals surface area contributed by atoms with E-state index >= 15 is 0 Å². The molecule has 0 aliphatic heterocycles. The van der Waals surface area contributed by atoms with Crippen molar-refractivity contribution in [3.8, 4) is 17.0 Å². The third-order valence-corrected chi connectivity index (χ3v) is 4.49. The van der Waals surface area contributed by atoms with E-state index in [1.807, 2.05) is 48.5 Å². The zero-order chi connectivity index (χ0) is 18.4. The Balaban J connectivity index is 1.61.